The third-order valence-corrected chi connectivity index (χ3v) is 5.33. The van der Waals surface area contributed by atoms with Crippen molar-refractivity contribution in [3.8, 4) is 5.75 Å². The first-order chi connectivity index (χ1) is 16.0. The Labute approximate surface area is 200 Å². The Bertz CT molecular complexity index is 865. The van der Waals surface area contributed by atoms with Crippen molar-refractivity contribution in [3.05, 3.63) is 29.8 Å². The number of thioether (sulfide) groups is 1. The molecule has 34 heavy (non-hydrogen) atoms. The molecule has 3 atom stereocenters. The Morgan fingerprint density at radius 2 is 1.62 bits per heavy atom. The molecule has 0 spiro atoms. The van der Waals surface area contributed by atoms with Gasteiger partial charge < -0.3 is 37.0 Å². The maximum absolute atomic E-state index is 12.5. The number of benzene rings is 1. The Morgan fingerprint density at radius 1 is 0.971 bits per heavy atom. The van der Waals surface area contributed by atoms with E-state index in [-0.39, 0.29) is 18.6 Å². The van der Waals surface area contributed by atoms with Crippen molar-refractivity contribution < 1.29 is 39.3 Å². The molecular formula is C21H30N4O8S. The maximum atomic E-state index is 12.5. The van der Waals surface area contributed by atoms with Crippen LogP contribution in [0.4, 0.5) is 0 Å². The van der Waals surface area contributed by atoms with Crippen molar-refractivity contribution in [3.63, 3.8) is 0 Å². The largest absolute Gasteiger partial charge is 0.508 e. The fourth-order valence-electron chi connectivity index (χ4n) is 2.80. The number of aliphatic carboxylic acids is 2. The summed E-state index contributed by atoms with van der Waals surface area (Å²) in [5.74, 6) is -4.04. The minimum atomic E-state index is -1.29. The Kier molecular flexibility index (Phi) is 12.5. The summed E-state index contributed by atoms with van der Waals surface area (Å²) in [5, 5.41) is 34.6. The molecule has 188 valence electrons. The summed E-state index contributed by atoms with van der Waals surface area (Å²) in [6.07, 6.45) is 1.53. The second-order valence-corrected chi connectivity index (χ2v) is 8.41. The molecule has 0 bridgehead atoms. The first-order valence-corrected chi connectivity index (χ1v) is 11.8. The average Bonchev–Trinajstić information content (AvgIpc) is 2.79. The van der Waals surface area contributed by atoms with E-state index in [4.69, 9.17) is 10.8 Å². The van der Waals surface area contributed by atoms with E-state index < -0.39 is 60.8 Å². The molecule has 0 fully saturated rings. The van der Waals surface area contributed by atoms with Gasteiger partial charge in [-0.3, -0.25) is 19.2 Å². The molecule has 13 heteroatoms. The number of nitrogens with two attached hydrogens (primary N) is 1. The van der Waals surface area contributed by atoms with E-state index in [0.29, 0.717) is 17.7 Å². The smallest absolute Gasteiger partial charge is 0.326 e. The molecule has 0 aliphatic heterocycles. The molecule has 0 saturated carbocycles. The van der Waals surface area contributed by atoms with Gasteiger partial charge in [0.2, 0.25) is 17.7 Å². The van der Waals surface area contributed by atoms with Crippen LogP contribution in [0.15, 0.2) is 24.3 Å². The van der Waals surface area contributed by atoms with Crippen LogP contribution in [-0.4, -0.2) is 81.7 Å². The fraction of sp³-hybridized carbons (Fsp3) is 0.476. The maximum Gasteiger partial charge on any atom is 0.326 e. The molecule has 1 aromatic rings. The molecule has 0 saturated heterocycles. The molecule has 3 amide bonds. The van der Waals surface area contributed by atoms with Gasteiger partial charge in [0.25, 0.3) is 0 Å². The Balaban J connectivity index is 2.69. The summed E-state index contributed by atoms with van der Waals surface area (Å²) in [6, 6.07) is 2.39. The van der Waals surface area contributed by atoms with Gasteiger partial charge >= 0.3 is 11.9 Å². The van der Waals surface area contributed by atoms with E-state index in [1.807, 2.05) is 6.26 Å². The highest BCUT2D eigenvalue weighted by Gasteiger charge is 2.26. The van der Waals surface area contributed by atoms with E-state index in [9.17, 15) is 34.2 Å². The first kappa shape index (κ1) is 28.7. The zero-order valence-corrected chi connectivity index (χ0v) is 19.5. The SMILES string of the molecule is CSCCC(N)C(=O)NC(CCC(=O)O)C(=O)NCC(=O)NC(Cc1ccc(O)cc1)C(=O)O. The molecule has 0 radical (unpaired) electrons. The summed E-state index contributed by atoms with van der Waals surface area (Å²) < 4.78 is 0. The third kappa shape index (κ3) is 11.0. The molecule has 0 aliphatic rings. The number of phenolic OH excluding ortho intramolecular Hbond substituents is 1. The van der Waals surface area contributed by atoms with Crippen molar-refractivity contribution in [2.75, 3.05) is 18.6 Å². The van der Waals surface area contributed by atoms with Crippen molar-refractivity contribution in [2.45, 2.75) is 43.8 Å². The third-order valence-electron chi connectivity index (χ3n) is 4.68. The lowest BCUT2D eigenvalue weighted by Gasteiger charge is -2.20. The number of carbonyl (C=O) groups is 5. The number of hydrogen-bond donors (Lipinski definition) is 7. The van der Waals surface area contributed by atoms with E-state index in [0.717, 1.165) is 0 Å². The van der Waals surface area contributed by atoms with E-state index in [2.05, 4.69) is 16.0 Å². The average molecular weight is 499 g/mol. The molecular weight excluding hydrogens is 468 g/mol. The molecule has 1 rings (SSSR count). The van der Waals surface area contributed by atoms with Gasteiger partial charge in [-0.1, -0.05) is 12.1 Å². The Hall–Kier alpha value is -3.32. The minimum Gasteiger partial charge on any atom is -0.508 e. The van der Waals surface area contributed by atoms with Gasteiger partial charge in [0.1, 0.15) is 17.8 Å². The normalized spacial score (nSPS) is 13.2. The number of hydrogen-bond acceptors (Lipinski definition) is 8. The number of phenols is 1. The van der Waals surface area contributed by atoms with E-state index >= 15 is 0 Å². The van der Waals surface area contributed by atoms with Crippen LogP contribution in [0, 0.1) is 0 Å². The van der Waals surface area contributed by atoms with Gasteiger partial charge in [-0.2, -0.15) is 11.8 Å². The highest BCUT2D eigenvalue weighted by atomic mass is 32.2. The lowest BCUT2D eigenvalue weighted by atomic mass is 10.1. The minimum absolute atomic E-state index is 0.0112. The van der Waals surface area contributed by atoms with Gasteiger partial charge in [0.05, 0.1) is 12.6 Å². The summed E-state index contributed by atoms with van der Waals surface area (Å²) >= 11 is 1.49. The standard InChI is InChI=1S/C21H30N4O8S/c1-34-9-8-14(22)19(30)25-15(6-7-18(28)29)20(31)23-11-17(27)24-16(21(32)33)10-12-2-4-13(26)5-3-12/h2-5,14-16,26H,6-11,22H2,1H3,(H,23,31)(H,24,27)(H,25,30)(H,28,29)(H,32,33). The zero-order valence-electron chi connectivity index (χ0n) is 18.7. The van der Waals surface area contributed by atoms with Crippen LogP contribution < -0.4 is 21.7 Å². The second kappa shape index (κ2) is 14.8. The summed E-state index contributed by atoms with van der Waals surface area (Å²) in [6.45, 7) is -0.587. The van der Waals surface area contributed by atoms with E-state index in [1.54, 1.807) is 0 Å². The van der Waals surface area contributed by atoms with E-state index in [1.165, 1.54) is 36.0 Å². The summed E-state index contributed by atoms with van der Waals surface area (Å²) in [4.78, 5) is 59.3. The van der Waals surface area contributed by atoms with Gasteiger partial charge in [-0.15, -0.1) is 0 Å². The van der Waals surface area contributed by atoms with Crippen LogP contribution in [0.25, 0.3) is 0 Å². The molecule has 8 N–H and O–H groups in total. The van der Waals surface area contributed by atoms with Crippen LogP contribution in [-0.2, 0) is 30.4 Å². The topological polar surface area (TPSA) is 208 Å². The zero-order chi connectivity index (χ0) is 25.7. The fourth-order valence-corrected chi connectivity index (χ4v) is 3.28. The van der Waals surface area contributed by atoms with Crippen LogP contribution in [0.5, 0.6) is 5.75 Å². The lowest BCUT2D eigenvalue weighted by molar-refractivity contribution is -0.141. The molecule has 0 heterocycles. The quantitative estimate of drug-likeness (QED) is 0.158. The number of nitrogens with one attached hydrogen (secondary N) is 3. The van der Waals surface area contributed by atoms with Crippen LogP contribution in [0.2, 0.25) is 0 Å². The molecule has 0 aromatic heterocycles. The van der Waals surface area contributed by atoms with Gasteiger partial charge in [0.15, 0.2) is 0 Å². The van der Waals surface area contributed by atoms with Gasteiger partial charge in [0, 0.05) is 12.8 Å². The van der Waals surface area contributed by atoms with Gasteiger partial charge in [-0.25, -0.2) is 4.79 Å². The predicted molar refractivity (Wildman–Crippen MR) is 124 cm³/mol. The molecule has 0 aliphatic carbocycles. The van der Waals surface area contributed by atoms with Crippen molar-refractivity contribution in [1.82, 2.24) is 16.0 Å². The number of rotatable bonds is 15. The van der Waals surface area contributed by atoms with Crippen molar-refractivity contribution in [2.24, 2.45) is 5.73 Å². The number of amides is 3. The van der Waals surface area contributed by atoms with Crippen molar-refractivity contribution >= 4 is 41.4 Å². The van der Waals surface area contributed by atoms with Crippen LogP contribution in [0.1, 0.15) is 24.8 Å². The number of carboxylic acids is 2. The monoisotopic (exact) mass is 498 g/mol. The molecule has 12 nitrogen and oxygen atoms in total. The van der Waals surface area contributed by atoms with Crippen molar-refractivity contribution in [1.29, 1.82) is 0 Å². The van der Waals surface area contributed by atoms with Crippen LogP contribution >= 0.6 is 11.8 Å². The lowest BCUT2D eigenvalue weighted by Crippen LogP contribution is -2.53. The van der Waals surface area contributed by atoms with Crippen LogP contribution in [0.3, 0.4) is 0 Å². The highest BCUT2D eigenvalue weighted by molar-refractivity contribution is 7.98. The number of aromatic hydroxyl groups is 1. The van der Waals surface area contributed by atoms with Gasteiger partial charge in [-0.05, 0) is 42.5 Å². The second-order valence-electron chi connectivity index (χ2n) is 7.43. The molecule has 1 aromatic carbocycles. The number of carbonyl (C=O) groups excluding carboxylic acids is 3. The summed E-state index contributed by atoms with van der Waals surface area (Å²) in [5.41, 5.74) is 6.34. The Morgan fingerprint density at radius 3 is 2.18 bits per heavy atom. The highest BCUT2D eigenvalue weighted by Crippen LogP contribution is 2.11. The number of carboxylic acid groups (broad SMARTS) is 2. The summed E-state index contributed by atoms with van der Waals surface area (Å²) in [7, 11) is 0. The predicted octanol–water partition coefficient (Wildman–Crippen LogP) is -0.950. The molecule has 3 unspecified atom stereocenters. The first-order valence-electron chi connectivity index (χ1n) is 10.4.